The molecule has 4 aromatic carbocycles. The van der Waals surface area contributed by atoms with Crippen LogP contribution < -0.4 is 4.84 Å². The number of rotatable bonds is 5. The maximum atomic E-state index is 6.06. The van der Waals surface area contributed by atoms with Gasteiger partial charge in [0.15, 0.2) is 5.75 Å². The number of hydrogen-bond donors (Lipinski definition) is 2. The van der Waals surface area contributed by atoms with E-state index in [2.05, 4.69) is 56.7 Å². The van der Waals surface area contributed by atoms with Crippen LogP contribution >= 0.6 is 0 Å². The lowest BCUT2D eigenvalue weighted by molar-refractivity contribution is 0.214. The third kappa shape index (κ3) is 3.19. The van der Waals surface area contributed by atoms with E-state index in [1.165, 1.54) is 7.11 Å². The molecule has 0 spiro atoms. The van der Waals surface area contributed by atoms with E-state index in [0.29, 0.717) is 17.2 Å². The van der Waals surface area contributed by atoms with Gasteiger partial charge in [-0.15, -0.1) is 0 Å². The smallest absolute Gasteiger partial charge is 0.182 e. The first-order valence-corrected chi connectivity index (χ1v) is 11.1. The molecule has 0 aliphatic heterocycles. The fraction of sp³-hybridized carbons (Fsp3) is 0.0714. The van der Waals surface area contributed by atoms with Gasteiger partial charge in [-0.2, -0.15) is 0 Å². The molecule has 6 heteroatoms. The average Bonchev–Trinajstić information content (AvgIpc) is 3.44. The highest BCUT2D eigenvalue weighted by molar-refractivity contribution is 6.49. The van der Waals surface area contributed by atoms with Gasteiger partial charge in [-0.05, 0) is 25.1 Å². The molecule has 166 valence electrons. The molecule has 6 nitrogen and oxygen atoms in total. The van der Waals surface area contributed by atoms with Gasteiger partial charge < -0.3 is 19.6 Å². The van der Waals surface area contributed by atoms with Gasteiger partial charge in [0.05, 0.1) is 11.0 Å². The summed E-state index contributed by atoms with van der Waals surface area (Å²) in [5.74, 6) is 0.639. The third-order valence-electron chi connectivity index (χ3n) is 6.11. The zero-order valence-electron chi connectivity index (χ0n) is 18.8. The molecule has 6 rings (SSSR count). The topological polar surface area (TPSA) is 74.8 Å². The number of benzene rings is 4. The monoisotopic (exact) mass is 446 g/mol. The van der Waals surface area contributed by atoms with Crippen molar-refractivity contribution in [1.82, 2.24) is 9.97 Å². The predicted octanol–water partition coefficient (Wildman–Crippen LogP) is 6.76. The van der Waals surface area contributed by atoms with Crippen molar-refractivity contribution >= 4 is 55.0 Å². The lowest BCUT2D eigenvalue weighted by Crippen LogP contribution is -2.15. The van der Waals surface area contributed by atoms with Gasteiger partial charge in [-0.25, -0.2) is 0 Å². The Morgan fingerprint density at radius 3 is 1.94 bits per heavy atom. The largest absolute Gasteiger partial charge is 0.399 e. The fourth-order valence-electron chi connectivity index (χ4n) is 4.58. The first-order valence-electron chi connectivity index (χ1n) is 11.1. The number of nitrogens with zero attached hydrogens (tertiary/aromatic N) is 2. The Morgan fingerprint density at radius 1 is 0.647 bits per heavy atom. The molecule has 0 unspecified atom stereocenters. The van der Waals surface area contributed by atoms with Crippen molar-refractivity contribution in [3.05, 3.63) is 90.5 Å². The van der Waals surface area contributed by atoms with Gasteiger partial charge in [-0.3, -0.25) is 0 Å². The van der Waals surface area contributed by atoms with E-state index in [1.54, 1.807) is 0 Å². The summed E-state index contributed by atoms with van der Waals surface area (Å²) < 4.78 is 0. The summed E-state index contributed by atoms with van der Waals surface area (Å²) in [6, 6.07) is 28.5. The molecule has 0 saturated carbocycles. The Labute approximate surface area is 195 Å². The summed E-state index contributed by atoms with van der Waals surface area (Å²) in [5, 5.41) is 13.2. The van der Waals surface area contributed by atoms with Crippen LogP contribution in [0.1, 0.15) is 12.5 Å². The lowest BCUT2D eigenvalue weighted by atomic mass is 10.0. The van der Waals surface area contributed by atoms with Crippen molar-refractivity contribution in [2.45, 2.75) is 6.92 Å². The van der Waals surface area contributed by atoms with Crippen LogP contribution in [0.2, 0.25) is 0 Å². The highest BCUT2D eigenvalue weighted by Crippen LogP contribution is 2.32. The highest BCUT2D eigenvalue weighted by Gasteiger charge is 2.17. The normalized spacial score (nSPS) is 12.8. The summed E-state index contributed by atoms with van der Waals surface area (Å²) in [6.07, 6.45) is 0. The minimum atomic E-state index is 0.590. The minimum Gasteiger partial charge on any atom is -0.399 e. The summed E-state index contributed by atoms with van der Waals surface area (Å²) in [4.78, 5) is 18.1. The Morgan fingerprint density at radius 2 is 1.24 bits per heavy atom. The predicted molar refractivity (Wildman–Crippen MR) is 139 cm³/mol. The number of nitrogens with one attached hydrogen (secondary N) is 2. The van der Waals surface area contributed by atoms with Gasteiger partial charge in [-0.1, -0.05) is 77.0 Å². The first kappa shape index (κ1) is 20.1. The molecule has 0 aliphatic carbocycles. The first-order chi connectivity index (χ1) is 16.7. The molecular formula is C28H22N4O2. The second-order valence-electron chi connectivity index (χ2n) is 8.14. The summed E-state index contributed by atoms with van der Waals surface area (Å²) in [6.45, 7) is 1.86. The second-order valence-corrected chi connectivity index (χ2v) is 8.14. The lowest BCUT2D eigenvalue weighted by Gasteiger charge is -2.08. The van der Waals surface area contributed by atoms with Crippen LogP contribution in [0.25, 0.3) is 43.6 Å². The molecule has 0 radical (unpaired) electrons. The van der Waals surface area contributed by atoms with E-state index in [9.17, 15) is 0 Å². The molecule has 0 fully saturated rings. The molecular weight excluding hydrogens is 424 g/mol. The van der Waals surface area contributed by atoms with Crippen molar-refractivity contribution in [3.8, 4) is 5.75 Å². The number of para-hydroxylation sites is 4. The highest BCUT2D eigenvalue weighted by atomic mass is 16.6. The number of oxime groups is 2. The van der Waals surface area contributed by atoms with Crippen molar-refractivity contribution < 1.29 is 9.68 Å². The Bertz CT molecular complexity index is 1740. The van der Waals surface area contributed by atoms with Crippen molar-refractivity contribution in [2.24, 2.45) is 10.3 Å². The molecule has 2 N–H and O–H groups in total. The van der Waals surface area contributed by atoms with Crippen LogP contribution in [-0.2, 0) is 4.84 Å². The molecule has 2 heterocycles. The number of hydrogen-bond acceptors (Lipinski definition) is 4. The molecule has 0 amide bonds. The molecule has 0 saturated heterocycles. The van der Waals surface area contributed by atoms with Crippen LogP contribution in [0.5, 0.6) is 5.75 Å². The van der Waals surface area contributed by atoms with E-state index in [4.69, 9.17) is 9.68 Å². The number of H-pyrrole nitrogens is 2. The van der Waals surface area contributed by atoms with Gasteiger partial charge in [0.2, 0.25) is 0 Å². The fourth-order valence-corrected chi connectivity index (χ4v) is 4.58. The van der Waals surface area contributed by atoms with Crippen LogP contribution in [-0.4, -0.2) is 28.5 Å². The Balaban J connectivity index is 1.52. The minimum absolute atomic E-state index is 0.590. The zero-order chi connectivity index (χ0) is 23.1. The quantitative estimate of drug-likeness (QED) is 0.227. The standard InChI is InChI=1S/C28H22N4O2/c1-17(31-33-2)26(22-13-7-11-20-18-9-3-5-14-23(18)29-27(20)22)32-34-25-16-8-12-21-19-10-4-6-15-24(19)30-28(21)25/h3-16,29-30H,1-2H3. The van der Waals surface area contributed by atoms with Crippen molar-refractivity contribution in [2.75, 3.05) is 7.11 Å². The molecule has 0 atom stereocenters. The van der Waals surface area contributed by atoms with Crippen LogP contribution in [0.4, 0.5) is 0 Å². The van der Waals surface area contributed by atoms with E-state index in [-0.39, 0.29) is 0 Å². The van der Waals surface area contributed by atoms with Crippen molar-refractivity contribution in [1.29, 1.82) is 0 Å². The number of fused-ring (bicyclic) bond motifs is 6. The van der Waals surface area contributed by atoms with Gasteiger partial charge in [0.1, 0.15) is 18.5 Å². The maximum absolute atomic E-state index is 6.06. The summed E-state index contributed by atoms with van der Waals surface area (Å²) >= 11 is 0. The summed E-state index contributed by atoms with van der Waals surface area (Å²) in [5.41, 5.74) is 6.07. The average molecular weight is 447 g/mol. The Hall–Kier alpha value is -4.58. The molecule has 6 aromatic rings. The van der Waals surface area contributed by atoms with Gasteiger partial charge in [0.25, 0.3) is 0 Å². The van der Waals surface area contributed by atoms with Crippen molar-refractivity contribution in [3.63, 3.8) is 0 Å². The van der Waals surface area contributed by atoms with Crippen LogP contribution in [0, 0.1) is 0 Å². The van der Waals surface area contributed by atoms with E-state index < -0.39 is 0 Å². The van der Waals surface area contributed by atoms with E-state index in [0.717, 1.165) is 49.2 Å². The molecule has 0 bridgehead atoms. The van der Waals surface area contributed by atoms with E-state index >= 15 is 0 Å². The molecule has 2 aromatic heterocycles. The van der Waals surface area contributed by atoms with Gasteiger partial charge >= 0.3 is 0 Å². The number of aromatic amines is 2. The third-order valence-corrected chi connectivity index (χ3v) is 6.11. The zero-order valence-corrected chi connectivity index (χ0v) is 18.8. The molecule has 0 aliphatic rings. The number of aromatic nitrogens is 2. The molecule has 34 heavy (non-hydrogen) atoms. The van der Waals surface area contributed by atoms with Crippen LogP contribution in [0.3, 0.4) is 0 Å². The second kappa shape index (κ2) is 8.08. The maximum Gasteiger partial charge on any atom is 0.182 e. The van der Waals surface area contributed by atoms with Crippen LogP contribution in [0.15, 0.2) is 95.2 Å². The Kier molecular flexibility index (Phi) is 4.77. The SMILES string of the molecule is CON=C(C)C(=NOc1cccc2c1[nH]c1ccccc12)c1cccc2c1[nH]c1ccccc12. The summed E-state index contributed by atoms with van der Waals surface area (Å²) in [7, 11) is 1.52. The van der Waals surface area contributed by atoms with Gasteiger partial charge in [0, 0.05) is 38.1 Å². The van der Waals surface area contributed by atoms with E-state index in [1.807, 2.05) is 55.5 Å².